The first kappa shape index (κ1) is 15.6. The summed E-state index contributed by atoms with van der Waals surface area (Å²) < 4.78 is 30.4. The quantitative estimate of drug-likeness (QED) is 0.904. The fourth-order valence-electron chi connectivity index (χ4n) is 2.74. The van der Waals surface area contributed by atoms with Crippen LogP contribution in [0.5, 0.6) is 0 Å². The third-order valence-corrected chi connectivity index (χ3v) is 6.33. The van der Waals surface area contributed by atoms with E-state index in [2.05, 4.69) is 20.9 Å². The highest BCUT2D eigenvalue weighted by Crippen LogP contribution is 2.37. The summed E-state index contributed by atoms with van der Waals surface area (Å²) >= 11 is 1.72. The summed E-state index contributed by atoms with van der Waals surface area (Å²) in [5.74, 6) is 0.932. The maximum Gasteiger partial charge on any atom is 0.258 e. The van der Waals surface area contributed by atoms with Crippen molar-refractivity contribution in [1.82, 2.24) is 14.9 Å². The van der Waals surface area contributed by atoms with Crippen molar-refractivity contribution in [3.63, 3.8) is 0 Å². The Morgan fingerprint density at radius 3 is 2.86 bits per heavy atom. The van der Waals surface area contributed by atoms with Crippen molar-refractivity contribution in [3.05, 3.63) is 22.1 Å². The van der Waals surface area contributed by atoms with Crippen LogP contribution < -0.4 is 4.72 Å². The van der Waals surface area contributed by atoms with Gasteiger partial charge in [0.25, 0.3) is 5.89 Å². The van der Waals surface area contributed by atoms with Gasteiger partial charge in [0.1, 0.15) is 5.75 Å². The Labute approximate surface area is 134 Å². The molecule has 0 spiro atoms. The van der Waals surface area contributed by atoms with Crippen LogP contribution in [-0.4, -0.2) is 25.6 Å². The summed E-state index contributed by atoms with van der Waals surface area (Å²) in [6, 6.07) is 2.10. The Hall–Kier alpha value is -1.25. The molecule has 0 saturated heterocycles. The lowest BCUT2D eigenvalue weighted by Crippen LogP contribution is -2.20. The van der Waals surface area contributed by atoms with Gasteiger partial charge >= 0.3 is 0 Å². The van der Waals surface area contributed by atoms with Gasteiger partial charge in [0, 0.05) is 10.3 Å². The first-order valence-electron chi connectivity index (χ1n) is 7.40. The molecule has 3 rings (SSSR count). The SMILES string of the molecule is CNS(=O)(=O)Cc1noc(-c2csc(C3CCCCC3)c2)n1. The zero-order chi connectivity index (χ0) is 15.6. The van der Waals surface area contributed by atoms with Gasteiger partial charge in [-0.2, -0.15) is 4.98 Å². The van der Waals surface area contributed by atoms with E-state index in [1.165, 1.54) is 44.0 Å². The molecular weight excluding hydrogens is 322 g/mol. The lowest BCUT2D eigenvalue weighted by molar-refractivity contribution is 0.424. The van der Waals surface area contributed by atoms with Crippen LogP contribution >= 0.6 is 11.3 Å². The molecule has 0 unspecified atom stereocenters. The summed E-state index contributed by atoms with van der Waals surface area (Å²) in [6.45, 7) is 0. The summed E-state index contributed by atoms with van der Waals surface area (Å²) in [5.41, 5.74) is 0.881. The van der Waals surface area contributed by atoms with Crippen molar-refractivity contribution >= 4 is 21.4 Å². The van der Waals surface area contributed by atoms with Gasteiger partial charge < -0.3 is 4.52 Å². The number of hydrogen-bond donors (Lipinski definition) is 1. The fourth-order valence-corrected chi connectivity index (χ4v) is 4.39. The van der Waals surface area contributed by atoms with Gasteiger partial charge in [0.05, 0.1) is 5.56 Å². The summed E-state index contributed by atoms with van der Waals surface area (Å²) in [5, 5.41) is 5.75. The van der Waals surface area contributed by atoms with Gasteiger partial charge in [-0.25, -0.2) is 13.1 Å². The normalized spacial score (nSPS) is 17.0. The van der Waals surface area contributed by atoms with E-state index in [1.807, 2.05) is 5.38 Å². The number of thiophene rings is 1. The second kappa shape index (κ2) is 6.47. The van der Waals surface area contributed by atoms with E-state index < -0.39 is 10.0 Å². The van der Waals surface area contributed by atoms with Crippen LogP contribution in [-0.2, 0) is 15.8 Å². The maximum atomic E-state index is 11.5. The first-order chi connectivity index (χ1) is 10.6. The molecule has 2 aromatic rings. The van der Waals surface area contributed by atoms with Gasteiger partial charge in [-0.05, 0) is 31.9 Å². The van der Waals surface area contributed by atoms with Crippen LogP contribution in [0.4, 0.5) is 0 Å². The fraction of sp³-hybridized carbons (Fsp3) is 0.571. The average molecular weight is 341 g/mol. The van der Waals surface area contributed by atoms with Gasteiger partial charge in [-0.3, -0.25) is 0 Å². The van der Waals surface area contributed by atoms with Crippen LogP contribution in [0.25, 0.3) is 11.5 Å². The molecule has 0 radical (unpaired) electrons. The number of nitrogens with one attached hydrogen (secondary N) is 1. The van der Waals surface area contributed by atoms with E-state index >= 15 is 0 Å². The number of hydrogen-bond acceptors (Lipinski definition) is 6. The molecule has 2 heterocycles. The minimum atomic E-state index is -3.39. The molecule has 0 aromatic carbocycles. The highest BCUT2D eigenvalue weighted by atomic mass is 32.2. The number of sulfonamides is 1. The van der Waals surface area contributed by atoms with E-state index in [0.717, 1.165) is 5.56 Å². The van der Waals surface area contributed by atoms with Crippen molar-refractivity contribution < 1.29 is 12.9 Å². The third kappa shape index (κ3) is 3.56. The highest BCUT2D eigenvalue weighted by molar-refractivity contribution is 7.88. The molecule has 1 aliphatic carbocycles. The van der Waals surface area contributed by atoms with Gasteiger partial charge in [-0.1, -0.05) is 24.4 Å². The molecule has 120 valence electrons. The van der Waals surface area contributed by atoms with Crippen LogP contribution in [0.15, 0.2) is 16.0 Å². The van der Waals surface area contributed by atoms with Crippen molar-refractivity contribution in [2.45, 2.75) is 43.8 Å². The van der Waals surface area contributed by atoms with E-state index in [9.17, 15) is 8.42 Å². The van der Waals surface area contributed by atoms with Crippen LogP contribution in [0.2, 0.25) is 0 Å². The smallest absolute Gasteiger partial charge is 0.258 e. The summed E-state index contributed by atoms with van der Waals surface area (Å²) in [6.07, 6.45) is 6.42. The molecule has 1 N–H and O–H groups in total. The predicted molar refractivity (Wildman–Crippen MR) is 85.1 cm³/mol. The largest absolute Gasteiger partial charge is 0.334 e. The molecule has 1 fully saturated rings. The summed E-state index contributed by atoms with van der Waals surface area (Å²) in [7, 11) is -2.02. The van der Waals surface area contributed by atoms with Crippen molar-refractivity contribution in [1.29, 1.82) is 0 Å². The van der Waals surface area contributed by atoms with E-state index in [-0.39, 0.29) is 11.6 Å². The zero-order valence-electron chi connectivity index (χ0n) is 12.4. The zero-order valence-corrected chi connectivity index (χ0v) is 14.0. The Balaban J connectivity index is 1.75. The summed E-state index contributed by atoms with van der Waals surface area (Å²) in [4.78, 5) is 5.54. The van der Waals surface area contributed by atoms with Crippen LogP contribution in [0.1, 0.15) is 48.7 Å². The molecule has 0 aliphatic heterocycles. The number of aromatic nitrogens is 2. The van der Waals surface area contributed by atoms with E-state index in [0.29, 0.717) is 11.8 Å². The molecule has 1 saturated carbocycles. The molecule has 1 aliphatic rings. The highest BCUT2D eigenvalue weighted by Gasteiger charge is 2.20. The third-order valence-electron chi connectivity index (χ3n) is 3.97. The molecule has 8 heteroatoms. The lowest BCUT2D eigenvalue weighted by atomic mass is 9.88. The monoisotopic (exact) mass is 341 g/mol. The molecular formula is C14H19N3O3S2. The molecule has 0 atom stereocenters. The van der Waals surface area contributed by atoms with Crippen LogP contribution in [0, 0.1) is 0 Å². The molecule has 0 bridgehead atoms. The Bertz CT molecular complexity index is 730. The molecule has 2 aromatic heterocycles. The second-order valence-electron chi connectivity index (χ2n) is 5.55. The van der Waals surface area contributed by atoms with Gasteiger partial charge in [0.2, 0.25) is 10.0 Å². The Morgan fingerprint density at radius 2 is 2.14 bits per heavy atom. The second-order valence-corrected chi connectivity index (χ2v) is 8.42. The van der Waals surface area contributed by atoms with E-state index in [1.54, 1.807) is 11.3 Å². The standard InChI is InChI=1S/C14H19N3O3S2/c1-15-22(18,19)9-13-16-14(20-17-13)11-7-12(21-8-11)10-5-3-2-4-6-10/h7-8,10,15H,2-6,9H2,1H3. The lowest BCUT2D eigenvalue weighted by Gasteiger charge is -2.19. The first-order valence-corrected chi connectivity index (χ1v) is 9.93. The van der Waals surface area contributed by atoms with Gasteiger partial charge in [0.15, 0.2) is 5.82 Å². The van der Waals surface area contributed by atoms with Crippen LogP contribution in [0.3, 0.4) is 0 Å². The predicted octanol–water partition coefficient (Wildman–Crippen LogP) is 2.90. The molecule has 0 amide bonds. The van der Waals surface area contributed by atoms with Crippen molar-refractivity contribution in [2.75, 3.05) is 7.05 Å². The minimum absolute atomic E-state index is 0.176. The average Bonchev–Trinajstić information content (AvgIpc) is 3.17. The Kier molecular flexibility index (Phi) is 4.60. The van der Waals surface area contributed by atoms with E-state index in [4.69, 9.17) is 4.52 Å². The molecule has 22 heavy (non-hydrogen) atoms. The van der Waals surface area contributed by atoms with Crippen molar-refractivity contribution in [2.24, 2.45) is 0 Å². The minimum Gasteiger partial charge on any atom is -0.334 e. The van der Waals surface area contributed by atoms with Crippen molar-refractivity contribution in [3.8, 4) is 11.5 Å². The number of nitrogens with zero attached hydrogens (tertiary/aromatic N) is 2. The van der Waals surface area contributed by atoms with Gasteiger partial charge in [-0.15, -0.1) is 11.3 Å². The Morgan fingerprint density at radius 1 is 1.36 bits per heavy atom. The maximum absolute atomic E-state index is 11.5. The molecule has 6 nitrogen and oxygen atoms in total. The number of rotatable bonds is 5. The topological polar surface area (TPSA) is 85.1 Å².